The molecule has 68 valence electrons. The first-order valence-electron chi connectivity index (χ1n) is 3.75. The summed E-state index contributed by atoms with van der Waals surface area (Å²) in [4.78, 5) is 30.7. The van der Waals surface area contributed by atoms with E-state index in [0.29, 0.717) is 11.5 Å². The van der Waals surface area contributed by atoms with Crippen LogP contribution in [0.1, 0.15) is 5.82 Å². The molecule has 13 heavy (non-hydrogen) atoms. The predicted molar refractivity (Wildman–Crippen MR) is 46.7 cm³/mol. The average Bonchev–Trinajstić information content (AvgIpc) is 2.32. The highest BCUT2D eigenvalue weighted by Gasteiger charge is 2.07. The lowest BCUT2D eigenvalue weighted by Gasteiger charge is -1.93. The van der Waals surface area contributed by atoms with E-state index in [1.54, 1.807) is 18.5 Å². The SMILES string of the molecule is Cc1nc2c(=O)[nH]c(=O)[nH]c2n1C. The van der Waals surface area contributed by atoms with Gasteiger partial charge in [0.1, 0.15) is 11.5 Å². The maximum atomic E-state index is 11.2. The molecule has 0 saturated heterocycles. The highest BCUT2D eigenvalue weighted by molar-refractivity contribution is 5.69. The molecule has 0 spiro atoms. The van der Waals surface area contributed by atoms with Crippen molar-refractivity contribution in [2.75, 3.05) is 0 Å². The van der Waals surface area contributed by atoms with Crippen LogP contribution in [0.25, 0.3) is 11.2 Å². The van der Waals surface area contributed by atoms with Gasteiger partial charge < -0.3 is 4.57 Å². The first kappa shape index (κ1) is 7.78. The van der Waals surface area contributed by atoms with Crippen LogP contribution in [0.2, 0.25) is 0 Å². The molecule has 2 aromatic heterocycles. The maximum Gasteiger partial charge on any atom is 0.327 e. The molecule has 6 heteroatoms. The van der Waals surface area contributed by atoms with Crippen molar-refractivity contribution in [3.05, 3.63) is 26.7 Å². The lowest BCUT2D eigenvalue weighted by Crippen LogP contribution is -2.22. The number of hydrogen-bond acceptors (Lipinski definition) is 3. The molecule has 2 N–H and O–H groups in total. The molecule has 2 heterocycles. The Balaban J connectivity index is 3.12. The summed E-state index contributed by atoms with van der Waals surface area (Å²) in [6.45, 7) is 1.76. The third-order valence-corrected chi connectivity index (χ3v) is 1.99. The predicted octanol–water partition coefficient (Wildman–Crippen LogP) is -0.742. The molecule has 0 aliphatic carbocycles. The number of aryl methyl sites for hydroxylation is 2. The molecule has 0 atom stereocenters. The topological polar surface area (TPSA) is 83.5 Å². The van der Waals surface area contributed by atoms with Gasteiger partial charge in [0.25, 0.3) is 5.56 Å². The van der Waals surface area contributed by atoms with Crippen molar-refractivity contribution >= 4 is 11.2 Å². The van der Waals surface area contributed by atoms with Gasteiger partial charge >= 0.3 is 5.69 Å². The summed E-state index contributed by atoms with van der Waals surface area (Å²) >= 11 is 0. The second-order valence-electron chi connectivity index (χ2n) is 2.82. The molecule has 0 aromatic carbocycles. The number of aromatic amines is 2. The van der Waals surface area contributed by atoms with Crippen LogP contribution in [0.4, 0.5) is 0 Å². The normalized spacial score (nSPS) is 10.9. The number of H-pyrrole nitrogens is 2. The Bertz CT molecular complexity index is 574. The smallest absolute Gasteiger partial charge is 0.317 e. The van der Waals surface area contributed by atoms with Crippen LogP contribution >= 0.6 is 0 Å². The van der Waals surface area contributed by atoms with Crippen LogP contribution in [-0.4, -0.2) is 19.5 Å². The second kappa shape index (κ2) is 2.32. The summed E-state index contributed by atoms with van der Waals surface area (Å²) in [6, 6.07) is 0. The molecule has 0 aliphatic rings. The van der Waals surface area contributed by atoms with Crippen LogP contribution in [-0.2, 0) is 7.05 Å². The van der Waals surface area contributed by atoms with E-state index in [0.717, 1.165) is 0 Å². The number of rotatable bonds is 0. The van der Waals surface area contributed by atoms with Gasteiger partial charge in [-0.25, -0.2) is 9.78 Å². The van der Waals surface area contributed by atoms with Crippen molar-refractivity contribution in [3.8, 4) is 0 Å². The zero-order chi connectivity index (χ0) is 9.59. The molecule has 0 radical (unpaired) electrons. The van der Waals surface area contributed by atoms with Crippen molar-refractivity contribution in [1.29, 1.82) is 0 Å². The van der Waals surface area contributed by atoms with E-state index in [1.807, 2.05) is 0 Å². The van der Waals surface area contributed by atoms with Crippen molar-refractivity contribution in [3.63, 3.8) is 0 Å². The summed E-state index contributed by atoms with van der Waals surface area (Å²) < 4.78 is 1.66. The van der Waals surface area contributed by atoms with E-state index in [-0.39, 0.29) is 5.52 Å². The van der Waals surface area contributed by atoms with Gasteiger partial charge in [0.15, 0.2) is 5.52 Å². The standard InChI is InChI=1S/C7H8N4O2/c1-3-8-4-5(11(3)2)9-7(13)10-6(4)12/h1-2H3,(H2,9,10,12,13). The van der Waals surface area contributed by atoms with Gasteiger partial charge in [-0.2, -0.15) is 0 Å². The summed E-state index contributed by atoms with van der Waals surface area (Å²) in [7, 11) is 1.74. The lowest BCUT2D eigenvalue weighted by atomic mass is 10.5. The van der Waals surface area contributed by atoms with Gasteiger partial charge in [0, 0.05) is 7.05 Å². The molecule has 0 unspecified atom stereocenters. The lowest BCUT2D eigenvalue weighted by molar-refractivity contribution is 0.868. The molecule has 0 bridgehead atoms. The first-order valence-corrected chi connectivity index (χ1v) is 3.75. The highest BCUT2D eigenvalue weighted by atomic mass is 16.2. The van der Waals surface area contributed by atoms with E-state index in [4.69, 9.17) is 0 Å². The highest BCUT2D eigenvalue weighted by Crippen LogP contribution is 2.03. The molecule has 0 saturated carbocycles. The largest absolute Gasteiger partial charge is 0.327 e. The Labute approximate surface area is 72.2 Å². The molecule has 0 fully saturated rings. The zero-order valence-electron chi connectivity index (χ0n) is 7.21. The minimum atomic E-state index is -0.513. The number of imidazole rings is 1. The van der Waals surface area contributed by atoms with E-state index >= 15 is 0 Å². The minimum absolute atomic E-state index is 0.264. The number of aromatic nitrogens is 4. The van der Waals surface area contributed by atoms with Gasteiger partial charge in [-0.15, -0.1) is 0 Å². The summed E-state index contributed by atoms with van der Waals surface area (Å²) in [5, 5.41) is 0. The van der Waals surface area contributed by atoms with Crippen LogP contribution < -0.4 is 11.2 Å². The number of nitrogens with zero attached hydrogens (tertiary/aromatic N) is 2. The summed E-state index contributed by atoms with van der Waals surface area (Å²) in [6.07, 6.45) is 0. The molecule has 2 rings (SSSR count). The van der Waals surface area contributed by atoms with E-state index in [2.05, 4.69) is 15.0 Å². The number of hydrogen-bond donors (Lipinski definition) is 2. The van der Waals surface area contributed by atoms with Gasteiger partial charge in [-0.05, 0) is 6.92 Å². The average molecular weight is 180 g/mol. The number of fused-ring (bicyclic) bond motifs is 1. The summed E-state index contributed by atoms with van der Waals surface area (Å²) in [5.41, 5.74) is -0.256. The fourth-order valence-corrected chi connectivity index (χ4v) is 1.21. The molecular formula is C7H8N4O2. The molecule has 2 aromatic rings. The first-order chi connectivity index (χ1) is 6.09. The van der Waals surface area contributed by atoms with Crippen molar-refractivity contribution in [2.24, 2.45) is 7.05 Å². The molecule has 0 aliphatic heterocycles. The van der Waals surface area contributed by atoms with Crippen molar-refractivity contribution < 1.29 is 0 Å². The van der Waals surface area contributed by atoms with E-state index < -0.39 is 11.2 Å². The zero-order valence-corrected chi connectivity index (χ0v) is 7.21. The summed E-state index contributed by atoms with van der Waals surface area (Å²) in [5.74, 6) is 0.683. The van der Waals surface area contributed by atoms with Crippen LogP contribution in [0, 0.1) is 6.92 Å². The van der Waals surface area contributed by atoms with Gasteiger partial charge in [-0.3, -0.25) is 14.8 Å². The third-order valence-electron chi connectivity index (χ3n) is 1.99. The minimum Gasteiger partial charge on any atom is -0.317 e. The molecular weight excluding hydrogens is 172 g/mol. The quantitative estimate of drug-likeness (QED) is 0.560. The van der Waals surface area contributed by atoms with Crippen molar-refractivity contribution in [1.82, 2.24) is 19.5 Å². The van der Waals surface area contributed by atoms with Gasteiger partial charge in [0.05, 0.1) is 0 Å². The Kier molecular flexibility index (Phi) is 1.39. The Morgan fingerprint density at radius 1 is 1.31 bits per heavy atom. The van der Waals surface area contributed by atoms with Gasteiger partial charge in [-0.1, -0.05) is 0 Å². The van der Waals surface area contributed by atoms with Crippen LogP contribution in [0.5, 0.6) is 0 Å². The van der Waals surface area contributed by atoms with Crippen LogP contribution in [0.3, 0.4) is 0 Å². The Hall–Kier alpha value is -1.85. The van der Waals surface area contributed by atoms with Crippen molar-refractivity contribution in [2.45, 2.75) is 6.92 Å². The van der Waals surface area contributed by atoms with Crippen LogP contribution in [0.15, 0.2) is 9.59 Å². The monoisotopic (exact) mass is 180 g/mol. The number of nitrogens with one attached hydrogen (secondary N) is 2. The van der Waals surface area contributed by atoms with E-state index in [9.17, 15) is 9.59 Å². The fourth-order valence-electron chi connectivity index (χ4n) is 1.21. The Morgan fingerprint density at radius 2 is 2.00 bits per heavy atom. The second-order valence-corrected chi connectivity index (χ2v) is 2.82. The van der Waals surface area contributed by atoms with Gasteiger partial charge in [0.2, 0.25) is 0 Å². The fraction of sp³-hybridized carbons (Fsp3) is 0.286. The molecule has 6 nitrogen and oxygen atoms in total. The molecule has 0 amide bonds. The van der Waals surface area contributed by atoms with E-state index in [1.165, 1.54) is 0 Å². The third kappa shape index (κ3) is 0.986. The Morgan fingerprint density at radius 3 is 2.69 bits per heavy atom. The maximum absolute atomic E-state index is 11.2.